The van der Waals surface area contributed by atoms with Crippen molar-refractivity contribution in [3.05, 3.63) is 84.9 Å². The molecular formula is C34H39BrClN3O5. The SMILES string of the molecule is C=CCN(C(=O)[C@H]1[C@@H]2OC3(CC2Br)C(C(=O)N(CC=C)c2ccccc2Cl)N(CCCCCCO)C(=O)[C@H]13)c1ccccc1. The average Bonchev–Trinajstić information content (AvgIpc) is 3.62. The molecule has 2 aromatic rings. The van der Waals surface area contributed by atoms with E-state index >= 15 is 0 Å². The number of para-hydroxylation sites is 2. The first-order chi connectivity index (χ1) is 21.3. The zero-order valence-corrected chi connectivity index (χ0v) is 27.0. The second-order valence-corrected chi connectivity index (χ2v) is 13.2. The van der Waals surface area contributed by atoms with Gasteiger partial charge in [0.15, 0.2) is 0 Å². The number of aliphatic hydroxyl groups excluding tert-OH is 1. The molecule has 3 saturated heterocycles. The Morgan fingerprint density at radius 1 is 1.00 bits per heavy atom. The van der Waals surface area contributed by atoms with Crippen LogP contribution in [0.15, 0.2) is 79.9 Å². The third-order valence-corrected chi connectivity index (χ3v) is 10.1. The van der Waals surface area contributed by atoms with E-state index in [2.05, 4.69) is 29.1 Å². The number of amides is 3. The fourth-order valence-corrected chi connectivity index (χ4v) is 8.35. The Labute approximate surface area is 272 Å². The first-order valence-electron chi connectivity index (χ1n) is 15.2. The van der Waals surface area contributed by atoms with Crippen LogP contribution in [-0.2, 0) is 19.1 Å². The molecule has 1 N–H and O–H groups in total. The lowest BCUT2D eigenvalue weighted by molar-refractivity contribution is -0.140. The summed E-state index contributed by atoms with van der Waals surface area (Å²) in [6, 6.07) is 15.5. The second kappa shape index (κ2) is 14.0. The molecule has 3 aliphatic rings. The lowest BCUT2D eigenvalue weighted by Crippen LogP contribution is -2.57. The van der Waals surface area contributed by atoms with Crippen LogP contribution in [0.4, 0.5) is 11.4 Å². The van der Waals surface area contributed by atoms with Crippen LogP contribution in [0.3, 0.4) is 0 Å². The van der Waals surface area contributed by atoms with Gasteiger partial charge in [0.2, 0.25) is 11.8 Å². The van der Waals surface area contributed by atoms with Gasteiger partial charge >= 0.3 is 0 Å². The van der Waals surface area contributed by atoms with Gasteiger partial charge in [-0.25, -0.2) is 0 Å². The van der Waals surface area contributed by atoms with Gasteiger partial charge < -0.3 is 24.5 Å². The number of benzene rings is 2. The first-order valence-corrected chi connectivity index (χ1v) is 16.5. The smallest absolute Gasteiger partial charge is 0.253 e. The van der Waals surface area contributed by atoms with E-state index in [-0.39, 0.29) is 42.2 Å². The highest BCUT2D eigenvalue weighted by molar-refractivity contribution is 9.09. The number of rotatable bonds is 14. The summed E-state index contributed by atoms with van der Waals surface area (Å²) in [5.74, 6) is -2.40. The fraction of sp³-hybridized carbons (Fsp3) is 0.441. The minimum Gasteiger partial charge on any atom is -0.396 e. The van der Waals surface area contributed by atoms with Crippen molar-refractivity contribution in [2.45, 2.75) is 54.7 Å². The van der Waals surface area contributed by atoms with Crippen LogP contribution < -0.4 is 9.80 Å². The van der Waals surface area contributed by atoms with Crippen molar-refractivity contribution in [1.82, 2.24) is 4.90 Å². The number of hydrogen-bond acceptors (Lipinski definition) is 5. The number of aliphatic hydroxyl groups is 1. The predicted molar refractivity (Wildman–Crippen MR) is 176 cm³/mol. The molecule has 8 nitrogen and oxygen atoms in total. The summed E-state index contributed by atoms with van der Waals surface area (Å²) in [6.07, 6.45) is 6.05. The number of hydrogen-bond donors (Lipinski definition) is 1. The summed E-state index contributed by atoms with van der Waals surface area (Å²) >= 11 is 10.3. The third kappa shape index (κ3) is 5.75. The van der Waals surface area contributed by atoms with Crippen molar-refractivity contribution >= 4 is 56.6 Å². The maximum atomic E-state index is 14.7. The van der Waals surface area contributed by atoms with E-state index in [1.54, 1.807) is 45.1 Å². The van der Waals surface area contributed by atoms with Crippen LogP contribution in [0.25, 0.3) is 0 Å². The summed E-state index contributed by atoms with van der Waals surface area (Å²) in [6.45, 7) is 8.62. The Kier molecular flexibility index (Phi) is 10.3. The number of likely N-dealkylation sites (tertiary alicyclic amines) is 1. The van der Waals surface area contributed by atoms with E-state index in [0.717, 1.165) is 12.8 Å². The number of ether oxygens (including phenoxy) is 1. The van der Waals surface area contributed by atoms with Crippen molar-refractivity contribution in [2.75, 3.05) is 36.0 Å². The number of nitrogens with zero attached hydrogens (tertiary/aromatic N) is 3. The molecule has 6 atom stereocenters. The Bertz CT molecular complexity index is 1390. The minimum absolute atomic E-state index is 0.109. The van der Waals surface area contributed by atoms with Crippen LogP contribution in [0.5, 0.6) is 0 Å². The van der Waals surface area contributed by atoms with Gasteiger partial charge in [-0.3, -0.25) is 14.4 Å². The molecule has 44 heavy (non-hydrogen) atoms. The number of unbranched alkanes of at least 4 members (excludes halogenated alkanes) is 3. The minimum atomic E-state index is -1.20. The normalized spacial score (nSPS) is 26.8. The Balaban J connectivity index is 1.56. The van der Waals surface area contributed by atoms with E-state index in [1.165, 1.54) is 0 Å². The van der Waals surface area contributed by atoms with Gasteiger partial charge in [-0.05, 0) is 43.5 Å². The van der Waals surface area contributed by atoms with E-state index in [9.17, 15) is 19.5 Å². The highest BCUT2D eigenvalue weighted by atomic mass is 79.9. The van der Waals surface area contributed by atoms with Crippen molar-refractivity contribution < 1.29 is 24.2 Å². The number of fused-ring (bicyclic) bond motifs is 1. The van der Waals surface area contributed by atoms with E-state index in [0.29, 0.717) is 42.2 Å². The predicted octanol–water partition coefficient (Wildman–Crippen LogP) is 5.38. The van der Waals surface area contributed by atoms with Crippen LogP contribution >= 0.6 is 27.5 Å². The molecule has 3 heterocycles. The topological polar surface area (TPSA) is 90.4 Å². The molecule has 3 aliphatic heterocycles. The summed E-state index contributed by atoms with van der Waals surface area (Å²) in [5.41, 5.74) is 0.0245. The van der Waals surface area contributed by atoms with Crippen molar-refractivity contribution in [1.29, 1.82) is 0 Å². The summed E-state index contributed by atoms with van der Waals surface area (Å²) in [5, 5.41) is 9.64. The quantitative estimate of drug-likeness (QED) is 0.164. The molecule has 0 aliphatic carbocycles. The number of carbonyl (C=O) groups is 3. The average molecular weight is 685 g/mol. The Morgan fingerprint density at radius 3 is 2.34 bits per heavy atom. The van der Waals surface area contributed by atoms with Crippen molar-refractivity contribution in [3.63, 3.8) is 0 Å². The summed E-state index contributed by atoms with van der Waals surface area (Å²) in [4.78, 5) is 48.3. The number of alkyl halides is 1. The van der Waals surface area contributed by atoms with E-state index in [1.807, 2.05) is 36.4 Å². The van der Waals surface area contributed by atoms with Gasteiger partial charge in [0.25, 0.3) is 5.91 Å². The number of halogens is 2. The zero-order valence-electron chi connectivity index (χ0n) is 24.7. The summed E-state index contributed by atoms with van der Waals surface area (Å²) in [7, 11) is 0. The Morgan fingerprint density at radius 2 is 1.66 bits per heavy atom. The number of anilines is 2. The van der Waals surface area contributed by atoms with E-state index < -0.39 is 29.6 Å². The molecule has 1 spiro atoms. The first kappa shape index (κ1) is 32.4. The lowest BCUT2D eigenvalue weighted by atomic mass is 9.70. The molecule has 0 saturated carbocycles. The maximum Gasteiger partial charge on any atom is 0.253 e. The van der Waals surface area contributed by atoms with Crippen LogP contribution in [0.2, 0.25) is 5.02 Å². The molecule has 2 aromatic carbocycles. The van der Waals surface area contributed by atoms with Gasteiger partial charge in [0, 0.05) is 36.8 Å². The van der Waals surface area contributed by atoms with Crippen LogP contribution in [0, 0.1) is 11.8 Å². The fourth-order valence-electron chi connectivity index (χ4n) is 7.17. The molecule has 3 fully saturated rings. The molecule has 3 amide bonds. The van der Waals surface area contributed by atoms with Crippen LogP contribution in [0.1, 0.15) is 32.1 Å². The third-order valence-electron chi connectivity index (χ3n) is 8.98. The van der Waals surface area contributed by atoms with Crippen molar-refractivity contribution in [2.24, 2.45) is 11.8 Å². The van der Waals surface area contributed by atoms with Gasteiger partial charge in [0.05, 0.1) is 28.6 Å². The highest BCUT2D eigenvalue weighted by Gasteiger charge is 2.77. The number of carbonyl (C=O) groups excluding carboxylic acids is 3. The summed E-state index contributed by atoms with van der Waals surface area (Å²) < 4.78 is 6.75. The van der Waals surface area contributed by atoms with Gasteiger partial charge in [-0.1, -0.05) is 82.9 Å². The molecule has 10 heteroatoms. The molecule has 234 valence electrons. The molecule has 3 unspecified atom stereocenters. The molecule has 0 aromatic heterocycles. The van der Waals surface area contributed by atoms with Gasteiger partial charge in [0.1, 0.15) is 11.6 Å². The highest BCUT2D eigenvalue weighted by Crippen LogP contribution is 2.60. The molecule has 0 radical (unpaired) electrons. The van der Waals surface area contributed by atoms with E-state index in [4.69, 9.17) is 16.3 Å². The molecule has 2 bridgehead atoms. The van der Waals surface area contributed by atoms with Gasteiger partial charge in [-0.15, -0.1) is 13.2 Å². The van der Waals surface area contributed by atoms with Crippen LogP contribution in [-0.4, -0.2) is 76.5 Å². The van der Waals surface area contributed by atoms with Crippen molar-refractivity contribution in [3.8, 4) is 0 Å². The molecular weight excluding hydrogens is 646 g/mol. The standard InChI is InChI=1S/C34H39BrClN3O5/c1-3-18-37(23-14-8-7-9-15-23)31(41)27-28-32(42)39(20-12-5-6-13-21-40)30(34(28)22-24(35)29(27)44-34)33(43)38(19-4-2)26-17-11-10-16-25(26)36/h3-4,7-11,14-17,24,27-30,40H,1-2,5-6,12-13,18-22H2/t24?,27-,28+,29-,30?,34?/m1/s1. The largest absolute Gasteiger partial charge is 0.396 e. The Hall–Kier alpha value is -2.98. The second-order valence-electron chi connectivity index (χ2n) is 11.6. The molecule has 5 rings (SSSR count). The maximum absolute atomic E-state index is 14.7. The van der Waals surface area contributed by atoms with Gasteiger partial charge in [-0.2, -0.15) is 0 Å². The monoisotopic (exact) mass is 683 g/mol. The zero-order chi connectivity index (χ0) is 31.4. The lowest BCUT2D eigenvalue weighted by Gasteiger charge is -2.37.